The molecule has 0 amide bonds. The Morgan fingerprint density at radius 2 is 1.95 bits per heavy atom. The lowest BCUT2D eigenvalue weighted by molar-refractivity contribution is 0.0919. The fraction of sp³-hybridized carbons (Fsp3) is 0.0714. The molecule has 0 radical (unpaired) electrons. The summed E-state index contributed by atoms with van der Waals surface area (Å²) in [6.45, 7) is -0.264. The third-order valence-electron chi connectivity index (χ3n) is 2.53. The predicted octanol–water partition coefficient (Wildman–Crippen LogP) is 3.78. The summed E-state index contributed by atoms with van der Waals surface area (Å²) < 4.78 is 6.12. The maximum atomic E-state index is 11.9. The average Bonchev–Trinajstić information content (AvgIpc) is 2.37. The van der Waals surface area contributed by atoms with Crippen LogP contribution in [0.15, 0.2) is 40.9 Å². The van der Waals surface area contributed by atoms with Crippen LogP contribution in [0.5, 0.6) is 17.2 Å². The summed E-state index contributed by atoms with van der Waals surface area (Å²) in [7, 11) is 0. The molecule has 2 rings (SSSR count). The number of aromatic hydroxyl groups is 2. The van der Waals surface area contributed by atoms with Crippen LogP contribution in [-0.4, -0.2) is 22.6 Å². The van der Waals surface area contributed by atoms with Crippen LogP contribution in [0.4, 0.5) is 0 Å². The van der Waals surface area contributed by atoms with Gasteiger partial charge in [-0.05, 0) is 30.3 Å². The van der Waals surface area contributed by atoms with Gasteiger partial charge >= 0.3 is 0 Å². The average molecular weight is 358 g/mol. The molecular weight excluding hydrogens is 348 g/mol. The van der Waals surface area contributed by atoms with E-state index in [-0.39, 0.29) is 23.7 Å². The number of phenols is 2. The Morgan fingerprint density at radius 1 is 1.20 bits per heavy atom. The van der Waals surface area contributed by atoms with Crippen molar-refractivity contribution in [1.29, 1.82) is 0 Å². The molecule has 0 bridgehead atoms. The number of halogens is 2. The second-order valence-corrected chi connectivity index (χ2v) is 5.31. The molecule has 2 aromatic carbocycles. The number of carbonyl (C=O) groups is 1. The molecule has 0 spiro atoms. The Labute approximate surface area is 128 Å². The highest BCUT2D eigenvalue weighted by atomic mass is 79.9. The zero-order valence-corrected chi connectivity index (χ0v) is 12.5. The molecule has 0 aliphatic carbocycles. The maximum absolute atomic E-state index is 11.9. The van der Waals surface area contributed by atoms with E-state index in [1.807, 2.05) is 0 Å². The minimum atomic E-state index is -0.415. The van der Waals surface area contributed by atoms with E-state index >= 15 is 0 Å². The molecule has 6 heteroatoms. The summed E-state index contributed by atoms with van der Waals surface area (Å²) in [6, 6.07) is 8.78. The Balaban J connectivity index is 2.08. The molecule has 0 aliphatic heterocycles. The fourth-order valence-electron chi connectivity index (χ4n) is 1.57. The first kappa shape index (κ1) is 14.7. The molecule has 20 heavy (non-hydrogen) atoms. The first-order chi connectivity index (χ1) is 9.47. The third-order valence-corrected chi connectivity index (χ3v) is 3.32. The molecule has 0 atom stereocenters. The van der Waals surface area contributed by atoms with Crippen molar-refractivity contribution in [2.75, 3.05) is 6.61 Å². The monoisotopic (exact) mass is 356 g/mol. The number of ether oxygens (including phenoxy) is 1. The van der Waals surface area contributed by atoms with Crippen LogP contribution < -0.4 is 4.74 Å². The lowest BCUT2D eigenvalue weighted by Gasteiger charge is -2.08. The van der Waals surface area contributed by atoms with Gasteiger partial charge in [0.1, 0.15) is 17.2 Å². The van der Waals surface area contributed by atoms with Crippen molar-refractivity contribution < 1.29 is 19.7 Å². The molecule has 0 aromatic heterocycles. The number of hydrogen-bond donors (Lipinski definition) is 2. The Kier molecular flexibility index (Phi) is 4.52. The summed E-state index contributed by atoms with van der Waals surface area (Å²) in [6.07, 6.45) is 0. The summed E-state index contributed by atoms with van der Waals surface area (Å²) in [4.78, 5) is 11.9. The number of ketones is 1. The van der Waals surface area contributed by atoms with Crippen molar-refractivity contribution in [3.8, 4) is 17.2 Å². The van der Waals surface area contributed by atoms with E-state index < -0.39 is 5.78 Å². The highest BCUT2D eigenvalue weighted by Crippen LogP contribution is 2.28. The highest BCUT2D eigenvalue weighted by Gasteiger charge is 2.13. The molecule has 2 aromatic rings. The number of hydrogen-bond acceptors (Lipinski definition) is 4. The summed E-state index contributed by atoms with van der Waals surface area (Å²) >= 11 is 9.23. The predicted molar refractivity (Wildman–Crippen MR) is 78.7 cm³/mol. The van der Waals surface area contributed by atoms with E-state index in [1.165, 1.54) is 12.1 Å². The summed E-state index contributed by atoms with van der Waals surface area (Å²) in [5.74, 6) is -0.445. The van der Waals surface area contributed by atoms with E-state index in [0.717, 1.165) is 10.5 Å². The van der Waals surface area contributed by atoms with Crippen LogP contribution in [0.3, 0.4) is 0 Å². The standard InChI is InChI=1S/C14H10BrClO4/c15-8-1-4-14(11(16)5-8)20-7-13(19)10-3-2-9(17)6-12(10)18/h1-6,17-18H,7H2. The minimum absolute atomic E-state index is 0.0797. The van der Waals surface area contributed by atoms with Crippen molar-refractivity contribution >= 4 is 33.3 Å². The first-order valence-corrected chi connectivity index (χ1v) is 6.77. The quantitative estimate of drug-likeness (QED) is 0.817. The lowest BCUT2D eigenvalue weighted by Crippen LogP contribution is -2.11. The van der Waals surface area contributed by atoms with E-state index in [1.54, 1.807) is 18.2 Å². The molecule has 0 heterocycles. The van der Waals surface area contributed by atoms with E-state index in [2.05, 4.69) is 15.9 Å². The van der Waals surface area contributed by atoms with E-state index in [4.69, 9.17) is 21.4 Å². The van der Waals surface area contributed by atoms with E-state index in [9.17, 15) is 9.90 Å². The van der Waals surface area contributed by atoms with Crippen LogP contribution in [-0.2, 0) is 0 Å². The molecule has 0 saturated heterocycles. The number of carbonyl (C=O) groups excluding carboxylic acids is 1. The van der Waals surface area contributed by atoms with Gasteiger partial charge in [0.15, 0.2) is 6.61 Å². The third kappa shape index (κ3) is 3.43. The molecule has 4 nitrogen and oxygen atoms in total. The number of Topliss-reactive ketones (excluding diaryl/α,β-unsaturated/α-hetero) is 1. The highest BCUT2D eigenvalue weighted by molar-refractivity contribution is 9.10. The normalized spacial score (nSPS) is 10.3. The lowest BCUT2D eigenvalue weighted by atomic mass is 10.1. The van der Waals surface area contributed by atoms with Crippen LogP contribution >= 0.6 is 27.5 Å². The zero-order chi connectivity index (χ0) is 14.7. The molecule has 104 valence electrons. The number of rotatable bonds is 4. The Hall–Kier alpha value is -1.72. The van der Waals surface area contributed by atoms with E-state index in [0.29, 0.717) is 10.8 Å². The van der Waals surface area contributed by atoms with Gasteiger partial charge in [0.05, 0.1) is 10.6 Å². The van der Waals surface area contributed by atoms with Crippen LogP contribution in [0.1, 0.15) is 10.4 Å². The van der Waals surface area contributed by atoms with Crippen LogP contribution in [0.25, 0.3) is 0 Å². The summed E-state index contributed by atoms with van der Waals surface area (Å²) in [5, 5.41) is 19.1. The second-order valence-electron chi connectivity index (χ2n) is 3.99. The van der Waals surface area contributed by atoms with Gasteiger partial charge in [-0.1, -0.05) is 27.5 Å². The van der Waals surface area contributed by atoms with Crippen molar-refractivity contribution in [2.24, 2.45) is 0 Å². The van der Waals surface area contributed by atoms with Crippen molar-refractivity contribution in [1.82, 2.24) is 0 Å². The number of phenolic OH excluding ortho intramolecular Hbond substituents is 2. The maximum Gasteiger partial charge on any atom is 0.203 e. The van der Waals surface area contributed by atoms with Gasteiger partial charge < -0.3 is 14.9 Å². The fourth-order valence-corrected chi connectivity index (χ4v) is 2.30. The molecular formula is C14H10BrClO4. The van der Waals surface area contributed by atoms with Gasteiger partial charge in [0, 0.05) is 10.5 Å². The minimum Gasteiger partial charge on any atom is -0.508 e. The van der Waals surface area contributed by atoms with Crippen LogP contribution in [0.2, 0.25) is 5.02 Å². The van der Waals surface area contributed by atoms with Gasteiger partial charge in [0.2, 0.25) is 5.78 Å². The number of benzene rings is 2. The van der Waals surface area contributed by atoms with Gasteiger partial charge in [-0.2, -0.15) is 0 Å². The van der Waals surface area contributed by atoms with Crippen molar-refractivity contribution in [2.45, 2.75) is 0 Å². The summed E-state index contributed by atoms with van der Waals surface area (Å²) in [5.41, 5.74) is 0.0797. The van der Waals surface area contributed by atoms with Gasteiger partial charge in [-0.25, -0.2) is 0 Å². The molecule has 0 fully saturated rings. The topological polar surface area (TPSA) is 66.8 Å². The molecule has 0 aliphatic rings. The Bertz CT molecular complexity index is 658. The first-order valence-electron chi connectivity index (χ1n) is 5.60. The largest absolute Gasteiger partial charge is 0.508 e. The van der Waals surface area contributed by atoms with Gasteiger partial charge in [0.25, 0.3) is 0 Å². The Morgan fingerprint density at radius 3 is 2.60 bits per heavy atom. The smallest absolute Gasteiger partial charge is 0.203 e. The van der Waals surface area contributed by atoms with Crippen LogP contribution in [0, 0.1) is 0 Å². The van der Waals surface area contributed by atoms with Crippen molar-refractivity contribution in [3.63, 3.8) is 0 Å². The van der Waals surface area contributed by atoms with Gasteiger partial charge in [-0.15, -0.1) is 0 Å². The van der Waals surface area contributed by atoms with Crippen molar-refractivity contribution in [3.05, 3.63) is 51.5 Å². The molecule has 2 N–H and O–H groups in total. The van der Waals surface area contributed by atoms with Gasteiger partial charge in [-0.3, -0.25) is 4.79 Å². The second kappa shape index (κ2) is 6.15. The SMILES string of the molecule is O=C(COc1ccc(Br)cc1Cl)c1ccc(O)cc1O. The zero-order valence-electron chi connectivity index (χ0n) is 10.1. The molecule has 0 saturated carbocycles. The molecule has 0 unspecified atom stereocenters.